The predicted molar refractivity (Wildman–Crippen MR) is 101 cm³/mol. The van der Waals surface area contributed by atoms with E-state index < -0.39 is 0 Å². The number of ether oxygens (including phenoxy) is 2. The molecule has 0 radical (unpaired) electrons. The van der Waals surface area contributed by atoms with Gasteiger partial charge in [0.2, 0.25) is 0 Å². The summed E-state index contributed by atoms with van der Waals surface area (Å²) in [7, 11) is 1.66. The fourth-order valence-corrected chi connectivity index (χ4v) is 3.37. The van der Waals surface area contributed by atoms with Gasteiger partial charge in [-0.15, -0.1) is 0 Å². The molecule has 1 aliphatic heterocycles. The highest BCUT2D eigenvalue weighted by atomic mass is 19.1. The lowest BCUT2D eigenvalue weighted by Gasteiger charge is -2.29. The SMILES string of the molecule is COc1ccccc1C(CNC(=O)COc1ccc(F)cc1)N1CCCC1. The molecule has 1 atom stereocenters. The van der Waals surface area contributed by atoms with Gasteiger partial charge in [-0.3, -0.25) is 9.69 Å². The van der Waals surface area contributed by atoms with Crippen LogP contribution in [0.2, 0.25) is 0 Å². The van der Waals surface area contributed by atoms with Crippen LogP contribution in [0, 0.1) is 5.82 Å². The molecule has 0 aliphatic carbocycles. The molecule has 0 aromatic heterocycles. The number of benzene rings is 2. The van der Waals surface area contributed by atoms with Crippen LogP contribution in [0.1, 0.15) is 24.4 Å². The molecule has 3 rings (SSSR count). The maximum Gasteiger partial charge on any atom is 0.258 e. The Hall–Kier alpha value is -2.60. The first-order valence-corrected chi connectivity index (χ1v) is 9.19. The Morgan fingerprint density at radius 1 is 1.15 bits per heavy atom. The van der Waals surface area contributed by atoms with Gasteiger partial charge >= 0.3 is 0 Å². The van der Waals surface area contributed by atoms with E-state index in [1.807, 2.05) is 24.3 Å². The highest BCUT2D eigenvalue weighted by molar-refractivity contribution is 5.77. The van der Waals surface area contributed by atoms with Crippen molar-refractivity contribution in [2.45, 2.75) is 18.9 Å². The first kappa shape index (κ1) is 19.2. The fraction of sp³-hybridized carbons (Fsp3) is 0.381. The maximum atomic E-state index is 12.9. The van der Waals surface area contributed by atoms with Crippen molar-refractivity contribution >= 4 is 5.91 Å². The summed E-state index contributed by atoms with van der Waals surface area (Å²) >= 11 is 0. The molecular weight excluding hydrogens is 347 g/mol. The second kappa shape index (κ2) is 9.37. The Morgan fingerprint density at radius 2 is 1.85 bits per heavy atom. The zero-order valence-corrected chi connectivity index (χ0v) is 15.5. The standard InChI is InChI=1S/C21H25FN2O3/c1-26-20-7-3-2-6-18(20)19(24-12-4-5-13-24)14-23-21(25)15-27-17-10-8-16(22)9-11-17/h2-3,6-11,19H,4-5,12-15H2,1H3,(H,23,25). The Kier molecular flexibility index (Phi) is 6.65. The molecule has 0 saturated carbocycles. The average molecular weight is 372 g/mol. The molecule has 1 amide bonds. The van der Waals surface area contributed by atoms with E-state index in [0.717, 1.165) is 37.2 Å². The lowest BCUT2D eigenvalue weighted by molar-refractivity contribution is -0.123. The van der Waals surface area contributed by atoms with Crippen LogP contribution >= 0.6 is 0 Å². The minimum absolute atomic E-state index is 0.0541. The number of carbonyl (C=O) groups is 1. The first-order valence-electron chi connectivity index (χ1n) is 9.19. The molecule has 144 valence electrons. The highest BCUT2D eigenvalue weighted by Gasteiger charge is 2.26. The van der Waals surface area contributed by atoms with E-state index >= 15 is 0 Å². The molecule has 6 heteroatoms. The van der Waals surface area contributed by atoms with Gasteiger partial charge in [0.05, 0.1) is 13.2 Å². The number of likely N-dealkylation sites (tertiary alicyclic amines) is 1. The van der Waals surface area contributed by atoms with Gasteiger partial charge in [-0.25, -0.2) is 4.39 Å². The second-order valence-corrected chi connectivity index (χ2v) is 6.55. The summed E-state index contributed by atoms with van der Waals surface area (Å²) in [4.78, 5) is 14.6. The lowest BCUT2D eigenvalue weighted by Crippen LogP contribution is -2.38. The number of halogens is 1. The number of para-hydroxylation sites is 1. The number of amides is 1. The zero-order valence-electron chi connectivity index (χ0n) is 15.5. The van der Waals surface area contributed by atoms with Crippen molar-refractivity contribution < 1.29 is 18.7 Å². The van der Waals surface area contributed by atoms with Crippen LogP contribution in [0.3, 0.4) is 0 Å². The number of nitrogens with zero attached hydrogens (tertiary/aromatic N) is 1. The number of hydrogen-bond acceptors (Lipinski definition) is 4. The molecule has 2 aromatic rings. The van der Waals surface area contributed by atoms with Gasteiger partial charge in [0.15, 0.2) is 6.61 Å². The Morgan fingerprint density at radius 3 is 2.56 bits per heavy atom. The first-order chi connectivity index (χ1) is 13.2. The Bertz CT molecular complexity index is 745. The molecule has 27 heavy (non-hydrogen) atoms. The predicted octanol–water partition coefficient (Wildman–Crippen LogP) is 3.17. The molecule has 1 unspecified atom stereocenters. The van der Waals surface area contributed by atoms with Crippen molar-refractivity contribution in [1.29, 1.82) is 0 Å². The van der Waals surface area contributed by atoms with Gasteiger partial charge in [0.25, 0.3) is 5.91 Å². The minimum Gasteiger partial charge on any atom is -0.496 e. The molecular formula is C21H25FN2O3. The smallest absolute Gasteiger partial charge is 0.258 e. The molecule has 1 aliphatic rings. The lowest BCUT2D eigenvalue weighted by atomic mass is 10.0. The monoisotopic (exact) mass is 372 g/mol. The van der Waals surface area contributed by atoms with Crippen LogP contribution in [0.5, 0.6) is 11.5 Å². The summed E-state index contributed by atoms with van der Waals surface area (Å²) in [5.74, 6) is 0.745. The topological polar surface area (TPSA) is 50.8 Å². The van der Waals surface area contributed by atoms with Crippen LogP contribution in [-0.2, 0) is 4.79 Å². The third-order valence-electron chi connectivity index (χ3n) is 4.76. The average Bonchev–Trinajstić information content (AvgIpc) is 3.22. The van der Waals surface area contributed by atoms with Crippen LogP contribution in [0.15, 0.2) is 48.5 Å². The van der Waals surface area contributed by atoms with E-state index in [4.69, 9.17) is 9.47 Å². The third kappa shape index (κ3) is 5.20. The molecule has 0 bridgehead atoms. The molecule has 0 spiro atoms. The van der Waals surface area contributed by atoms with E-state index in [-0.39, 0.29) is 24.4 Å². The van der Waals surface area contributed by atoms with Gasteiger partial charge in [-0.2, -0.15) is 0 Å². The van der Waals surface area contributed by atoms with Gasteiger partial charge in [-0.05, 0) is 56.3 Å². The highest BCUT2D eigenvalue weighted by Crippen LogP contribution is 2.31. The van der Waals surface area contributed by atoms with Gasteiger partial charge in [-0.1, -0.05) is 18.2 Å². The van der Waals surface area contributed by atoms with Crippen molar-refractivity contribution in [2.24, 2.45) is 0 Å². The quantitative estimate of drug-likeness (QED) is 0.773. The van der Waals surface area contributed by atoms with Crippen molar-refractivity contribution in [1.82, 2.24) is 10.2 Å². The van der Waals surface area contributed by atoms with E-state index in [2.05, 4.69) is 10.2 Å². The van der Waals surface area contributed by atoms with E-state index in [0.29, 0.717) is 12.3 Å². The van der Waals surface area contributed by atoms with Crippen LogP contribution in [-0.4, -0.2) is 44.2 Å². The summed E-state index contributed by atoms with van der Waals surface area (Å²) in [5.41, 5.74) is 1.07. The van der Waals surface area contributed by atoms with E-state index in [9.17, 15) is 9.18 Å². The zero-order chi connectivity index (χ0) is 19.1. The number of carbonyl (C=O) groups excluding carboxylic acids is 1. The summed E-state index contributed by atoms with van der Waals surface area (Å²) in [6, 6.07) is 13.6. The summed E-state index contributed by atoms with van der Waals surface area (Å²) < 4.78 is 23.8. The van der Waals surface area contributed by atoms with Crippen LogP contribution < -0.4 is 14.8 Å². The van der Waals surface area contributed by atoms with Gasteiger partial charge < -0.3 is 14.8 Å². The van der Waals surface area contributed by atoms with E-state index in [1.54, 1.807) is 7.11 Å². The maximum absolute atomic E-state index is 12.9. The molecule has 1 heterocycles. The third-order valence-corrected chi connectivity index (χ3v) is 4.76. The largest absolute Gasteiger partial charge is 0.496 e. The van der Waals surface area contributed by atoms with Gasteiger partial charge in [0.1, 0.15) is 17.3 Å². The molecule has 1 fully saturated rings. The van der Waals surface area contributed by atoms with Gasteiger partial charge in [0, 0.05) is 12.1 Å². The second-order valence-electron chi connectivity index (χ2n) is 6.55. The Labute approximate surface area is 159 Å². The summed E-state index contributed by atoms with van der Waals surface area (Å²) in [6.45, 7) is 2.38. The summed E-state index contributed by atoms with van der Waals surface area (Å²) in [5, 5.41) is 2.96. The fourth-order valence-electron chi connectivity index (χ4n) is 3.37. The van der Waals surface area contributed by atoms with Crippen molar-refractivity contribution in [2.75, 3.05) is 33.4 Å². The number of rotatable bonds is 8. The molecule has 1 saturated heterocycles. The number of hydrogen-bond donors (Lipinski definition) is 1. The van der Waals surface area contributed by atoms with Crippen molar-refractivity contribution in [3.05, 3.63) is 59.9 Å². The molecule has 2 aromatic carbocycles. The van der Waals surface area contributed by atoms with Crippen molar-refractivity contribution in [3.63, 3.8) is 0 Å². The summed E-state index contributed by atoms with van der Waals surface area (Å²) in [6.07, 6.45) is 2.32. The number of nitrogens with one attached hydrogen (secondary N) is 1. The molecule has 5 nitrogen and oxygen atoms in total. The van der Waals surface area contributed by atoms with E-state index in [1.165, 1.54) is 24.3 Å². The van der Waals surface area contributed by atoms with Crippen LogP contribution in [0.25, 0.3) is 0 Å². The number of methoxy groups -OCH3 is 1. The normalized spacial score (nSPS) is 15.3. The Balaban J connectivity index is 1.60. The van der Waals surface area contributed by atoms with Crippen molar-refractivity contribution in [3.8, 4) is 11.5 Å². The van der Waals surface area contributed by atoms with Crippen LogP contribution in [0.4, 0.5) is 4.39 Å². The molecule has 1 N–H and O–H groups in total. The minimum atomic E-state index is -0.336.